The molecule has 0 aliphatic carbocycles. The van der Waals surface area contributed by atoms with E-state index in [-0.39, 0.29) is 6.61 Å². The highest BCUT2D eigenvalue weighted by atomic mass is 16.6. The predicted octanol–water partition coefficient (Wildman–Crippen LogP) is 0.322. The van der Waals surface area contributed by atoms with Crippen LogP contribution in [0.4, 0.5) is 0 Å². The van der Waals surface area contributed by atoms with Gasteiger partial charge in [0.25, 0.3) is 0 Å². The Morgan fingerprint density at radius 3 is 2.67 bits per heavy atom. The number of hydrogen-bond donors (Lipinski definition) is 4. The number of aliphatic hydroxyl groups excluding tert-OH is 3. The summed E-state index contributed by atoms with van der Waals surface area (Å²) in [6.07, 6.45) is -1.67. The third-order valence-corrected chi connectivity index (χ3v) is 3.47. The summed E-state index contributed by atoms with van der Waals surface area (Å²) in [6.45, 7) is -0.308. The molecule has 1 aromatic heterocycles. The van der Waals surface area contributed by atoms with Gasteiger partial charge in [-0.05, 0) is 6.07 Å². The number of fused-ring (bicyclic) bond motifs is 1. The first-order valence-electron chi connectivity index (χ1n) is 5.91. The van der Waals surface area contributed by atoms with Gasteiger partial charge >= 0.3 is 0 Å². The zero-order valence-corrected chi connectivity index (χ0v) is 9.65. The van der Waals surface area contributed by atoms with Gasteiger partial charge in [0.05, 0.1) is 6.61 Å². The van der Waals surface area contributed by atoms with Crippen LogP contribution < -0.4 is 0 Å². The number of ether oxygens (including phenoxy) is 1. The molecule has 1 aromatic carbocycles. The second-order valence-corrected chi connectivity index (χ2v) is 4.55. The van der Waals surface area contributed by atoms with Crippen molar-refractivity contribution in [3.8, 4) is 0 Å². The Morgan fingerprint density at radius 1 is 1.17 bits per heavy atom. The Balaban J connectivity index is 2.00. The molecule has 4 N–H and O–H groups in total. The van der Waals surface area contributed by atoms with Crippen LogP contribution in [0.3, 0.4) is 0 Å². The zero-order valence-electron chi connectivity index (χ0n) is 9.65. The molecule has 0 saturated carbocycles. The Morgan fingerprint density at radius 2 is 1.94 bits per heavy atom. The summed E-state index contributed by atoms with van der Waals surface area (Å²) < 4.78 is 5.52. The number of hydrogen-bond acceptors (Lipinski definition) is 4. The fourth-order valence-corrected chi connectivity index (χ4v) is 2.49. The molecule has 5 nitrogen and oxygen atoms in total. The number of aromatic amines is 1. The van der Waals surface area contributed by atoms with Crippen LogP contribution in [0.5, 0.6) is 0 Å². The highest BCUT2D eigenvalue weighted by Crippen LogP contribution is 2.36. The second-order valence-electron chi connectivity index (χ2n) is 4.55. The number of aliphatic hydroxyl groups is 3. The number of para-hydroxylation sites is 1. The van der Waals surface area contributed by atoms with Crippen LogP contribution >= 0.6 is 0 Å². The highest BCUT2D eigenvalue weighted by molar-refractivity contribution is 5.83. The maximum atomic E-state index is 9.99. The lowest BCUT2D eigenvalue weighted by Gasteiger charge is -2.13. The third-order valence-electron chi connectivity index (χ3n) is 3.47. The highest BCUT2D eigenvalue weighted by Gasteiger charge is 2.43. The van der Waals surface area contributed by atoms with Crippen molar-refractivity contribution in [2.75, 3.05) is 6.61 Å². The average molecular weight is 249 g/mol. The van der Waals surface area contributed by atoms with E-state index in [1.165, 1.54) is 0 Å². The SMILES string of the molecule is OC[C@H]1O[C@H](c2c[nH]c3ccccc23)[C@H](O)[C@@H]1O. The van der Waals surface area contributed by atoms with Crippen LogP contribution in [-0.4, -0.2) is 45.2 Å². The van der Waals surface area contributed by atoms with E-state index in [4.69, 9.17) is 9.84 Å². The lowest BCUT2D eigenvalue weighted by atomic mass is 10.0. The number of rotatable bonds is 2. The van der Waals surface area contributed by atoms with E-state index in [2.05, 4.69) is 4.98 Å². The van der Waals surface area contributed by atoms with Gasteiger partial charge in [-0.2, -0.15) is 0 Å². The van der Waals surface area contributed by atoms with Gasteiger partial charge in [-0.3, -0.25) is 0 Å². The summed E-state index contributed by atoms with van der Waals surface area (Å²) in [5, 5.41) is 29.8. The molecule has 4 atom stereocenters. The minimum absolute atomic E-state index is 0.308. The third kappa shape index (κ3) is 1.64. The van der Waals surface area contributed by atoms with Crippen molar-refractivity contribution in [1.29, 1.82) is 0 Å². The van der Waals surface area contributed by atoms with Crippen LogP contribution in [-0.2, 0) is 4.74 Å². The van der Waals surface area contributed by atoms with Gasteiger partial charge in [-0.25, -0.2) is 0 Å². The molecule has 0 spiro atoms. The van der Waals surface area contributed by atoms with Gasteiger partial charge in [-0.15, -0.1) is 0 Å². The van der Waals surface area contributed by atoms with Gasteiger partial charge in [-0.1, -0.05) is 18.2 Å². The molecule has 0 radical (unpaired) electrons. The van der Waals surface area contributed by atoms with Crippen molar-refractivity contribution in [2.24, 2.45) is 0 Å². The van der Waals surface area contributed by atoms with Crippen molar-refractivity contribution >= 4 is 10.9 Å². The Labute approximate surface area is 104 Å². The Bertz CT molecular complexity index is 553. The van der Waals surface area contributed by atoms with Gasteiger partial charge in [0, 0.05) is 22.7 Å². The van der Waals surface area contributed by atoms with E-state index in [1.807, 2.05) is 24.3 Å². The molecule has 96 valence electrons. The van der Waals surface area contributed by atoms with E-state index in [9.17, 15) is 10.2 Å². The van der Waals surface area contributed by atoms with Crippen LogP contribution in [0.15, 0.2) is 30.5 Å². The maximum Gasteiger partial charge on any atom is 0.114 e. The summed E-state index contributed by atoms with van der Waals surface area (Å²) in [4.78, 5) is 3.10. The molecule has 1 aliphatic heterocycles. The molecular formula is C13H15NO4. The van der Waals surface area contributed by atoms with Crippen molar-refractivity contribution in [1.82, 2.24) is 4.98 Å². The monoisotopic (exact) mass is 249 g/mol. The van der Waals surface area contributed by atoms with Crippen LogP contribution in [0.2, 0.25) is 0 Å². The topological polar surface area (TPSA) is 85.7 Å². The van der Waals surface area contributed by atoms with E-state index >= 15 is 0 Å². The number of aromatic nitrogens is 1. The molecular weight excluding hydrogens is 234 g/mol. The zero-order chi connectivity index (χ0) is 12.7. The number of nitrogens with one attached hydrogen (secondary N) is 1. The summed E-state index contributed by atoms with van der Waals surface area (Å²) in [6, 6.07) is 7.68. The Kier molecular flexibility index (Phi) is 2.83. The quantitative estimate of drug-likeness (QED) is 0.617. The van der Waals surface area contributed by atoms with Gasteiger partial charge in [0.2, 0.25) is 0 Å². The predicted molar refractivity (Wildman–Crippen MR) is 65.0 cm³/mol. The first kappa shape index (κ1) is 11.7. The maximum absolute atomic E-state index is 9.99. The average Bonchev–Trinajstić information content (AvgIpc) is 2.93. The summed E-state index contributed by atoms with van der Waals surface area (Å²) >= 11 is 0. The molecule has 2 aromatic rings. The molecule has 2 heterocycles. The fraction of sp³-hybridized carbons (Fsp3) is 0.385. The molecule has 3 rings (SSSR count). The minimum Gasteiger partial charge on any atom is -0.394 e. The van der Waals surface area contributed by atoms with Crippen molar-refractivity contribution < 1.29 is 20.1 Å². The normalized spacial score (nSPS) is 32.2. The van der Waals surface area contributed by atoms with E-state index < -0.39 is 24.4 Å². The molecule has 0 bridgehead atoms. The standard InChI is InChI=1S/C13H15NO4/c15-6-10-11(16)12(17)13(18-10)8-5-14-9-4-2-1-3-7(8)9/h1-5,10-17H,6H2/t10-,11-,12-,13-/m1/s1. The molecule has 1 fully saturated rings. The smallest absolute Gasteiger partial charge is 0.114 e. The van der Waals surface area contributed by atoms with Crippen molar-refractivity contribution in [2.45, 2.75) is 24.4 Å². The summed E-state index contributed by atoms with van der Waals surface area (Å²) in [5.74, 6) is 0. The fourth-order valence-electron chi connectivity index (χ4n) is 2.49. The largest absolute Gasteiger partial charge is 0.394 e. The second kappa shape index (κ2) is 4.37. The van der Waals surface area contributed by atoms with Gasteiger partial charge < -0.3 is 25.0 Å². The van der Waals surface area contributed by atoms with Crippen LogP contribution in [0, 0.1) is 0 Å². The van der Waals surface area contributed by atoms with E-state index in [0.29, 0.717) is 0 Å². The number of benzene rings is 1. The van der Waals surface area contributed by atoms with Crippen molar-refractivity contribution in [3.05, 3.63) is 36.0 Å². The summed E-state index contributed by atoms with van der Waals surface area (Å²) in [7, 11) is 0. The first-order valence-corrected chi connectivity index (χ1v) is 5.91. The molecule has 0 amide bonds. The summed E-state index contributed by atoms with van der Waals surface area (Å²) in [5.41, 5.74) is 1.75. The first-order chi connectivity index (χ1) is 8.72. The molecule has 0 unspecified atom stereocenters. The molecule has 1 aliphatic rings. The van der Waals surface area contributed by atoms with E-state index in [0.717, 1.165) is 16.5 Å². The molecule has 5 heteroatoms. The van der Waals surface area contributed by atoms with Crippen LogP contribution in [0.25, 0.3) is 10.9 Å². The van der Waals surface area contributed by atoms with Gasteiger partial charge in [0.1, 0.15) is 24.4 Å². The van der Waals surface area contributed by atoms with Crippen LogP contribution in [0.1, 0.15) is 11.7 Å². The minimum atomic E-state index is -1.06. The Hall–Kier alpha value is -1.40. The van der Waals surface area contributed by atoms with Gasteiger partial charge in [0.15, 0.2) is 0 Å². The molecule has 18 heavy (non-hydrogen) atoms. The van der Waals surface area contributed by atoms with E-state index in [1.54, 1.807) is 6.20 Å². The number of H-pyrrole nitrogens is 1. The lowest BCUT2D eigenvalue weighted by Crippen LogP contribution is -2.32. The lowest BCUT2D eigenvalue weighted by molar-refractivity contribution is -0.0223. The molecule has 1 saturated heterocycles. The van der Waals surface area contributed by atoms with Crippen molar-refractivity contribution in [3.63, 3.8) is 0 Å².